The third kappa shape index (κ3) is 3.13. The van der Waals surface area contributed by atoms with Crippen LogP contribution in [0.15, 0.2) is 29.0 Å². The van der Waals surface area contributed by atoms with Crippen LogP contribution < -0.4 is 5.32 Å². The number of benzene rings is 1. The molecule has 2 heterocycles. The van der Waals surface area contributed by atoms with Gasteiger partial charge in [0.25, 0.3) is 0 Å². The second kappa shape index (κ2) is 6.44. The second-order valence-electron chi connectivity index (χ2n) is 6.49. The molecule has 128 valence electrons. The molecule has 6 heteroatoms. The van der Waals surface area contributed by atoms with Crippen LogP contribution in [0.1, 0.15) is 42.0 Å². The highest BCUT2D eigenvalue weighted by Gasteiger charge is 2.16. The molecule has 0 unspecified atom stereocenters. The molecule has 0 aliphatic carbocycles. The van der Waals surface area contributed by atoms with Crippen molar-refractivity contribution >= 4 is 22.7 Å². The number of hydrogen-bond acceptors (Lipinski definition) is 4. The van der Waals surface area contributed by atoms with Gasteiger partial charge in [-0.2, -0.15) is 10.4 Å². The molecule has 1 aromatic carbocycles. The van der Waals surface area contributed by atoms with E-state index in [0.717, 1.165) is 16.5 Å². The lowest BCUT2D eigenvalue weighted by Gasteiger charge is -2.10. The average molecular weight is 336 g/mol. The van der Waals surface area contributed by atoms with E-state index in [2.05, 4.69) is 37.3 Å². The number of aromatic nitrogens is 2. The van der Waals surface area contributed by atoms with Crippen molar-refractivity contribution in [3.8, 4) is 6.07 Å². The van der Waals surface area contributed by atoms with Gasteiger partial charge in [-0.1, -0.05) is 13.8 Å². The van der Waals surface area contributed by atoms with E-state index in [1.54, 1.807) is 13.3 Å². The Bertz CT molecular complexity index is 989. The number of furan rings is 1. The molecular formula is C19H20N4O2. The minimum atomic E-state index is -0.213. The number of nitrogens with zero attached hydrogens (tertiary/aromatic N) is 3. The number of anilines is 1. The highest BCUT2D eigenvalue weighted by molar-refractivity contribution is 5.95. The van der Waals surface area contributed by atoms with E-state index in [4.69, 9.17) is 9.68 Å². The molecule has 0 aliphatic heterocycles. The number of fused-ring (bicyclic) bond motifs is 1. The van der Waals surface area contributed by atoms with E-state index in [1.165, 1.54) is 22.0 Å². The topological polar surface area (TPSA) is 83.8 Å². The number of hydrogen-bond donors (Lipinski definition) is 1. The van der Waals surface area contributed by atoms with Crippen LogP contribution in [0.3, 0.4) is 0 Å². The zero-order valence-corrected chi connectivity index (χ0v) is 14.8. The molecule has 0 saturated carbocycles. The summed E-state index contributed by atoms with van der Waals surface area (Å²) in [5.74, 6) is 0.585. The summed E-state index contributed by atoms with van der Waals surface area (Å²) >= 11 is 0. The van der Waals surface area contributed by atoms with E-state index in [9.17, 15) is 4.79 Å². The summed E-state index contributed by atoms with van der Waals surface area (Å²) in [6, 6.07) is 6.14. The number of carbonyl (C=O) groups is 1. The first kappa shape index (κ1) is 16.8. The van der Waals surface area contributed by atoms with Crippen LogP contribution in [-0.4, -0.2) is 15.7 Å². The van der Waals surface area contributed by atoms with Gasteiger partial charge in [-0.15, -0.1) is 0 Å². The third-order valence-electron chi connectivity index (χ3n) is 4.33. The van der Waals surface area contributed by atoms with Crippen molar-refractivity contribution in [2.24, 2.45) is 7.05 Å². The quantitative estimate of drug-likeness (QED) is 0.788. The Hall–Kier alpha value is -3.07. The van der Waals surface area contributed by atoms with Gasteiger partial charge in [0.05, 0.1) is 18.9 Å². The van der Waals surface area contributed by atoms with E-state index < -0.39 is 0 Å². The summed E-state index contributed by atoms with van der Waals surface area (Å²) in [5.41, 5.74) is 4.37. The lowest BCUT2D eigenvalue weighted by Crippen LogP contribution is -2.17. The molecule has 1 N–H and O–H groups in total. The fourth-order valence-corrected chi connectivity index (χ4v) is 3.02. The Morgan fingerprint density at radius 3 is 2.88 bits per heavy atom. The number of nitriles is 1. The summed E-state index contributed by atoms with van der Waals surface area (Å²) in [4.78, 5) is 12.4. The minimum Gasteiger partial charge on any atom is -0.464 e. The van der Waals surface area contributed by atoms with Gasteiger partial charge < -0.3 is 9.73 Å². The molecule has 6 nitrogen and oxygen atoms in total. The molecule has 0 radical (unpaired) electrons. The molecule has 3 rings (SSSR count). The predicted octanol–water partition coefficient (Wildman–Crippen LogP) is 3.65. The number of rotatable bonds is 4. The lowest BCUT2D eigenvalue weighted by molar-refractivity contribution is -0.115. The maximum Gasteiger partial charge on any atom is 0.230 e. The first-order valence-corrected chi connectivity index (χ1v) is 8.13. The standard InChI is InChI=1S/C19H20N4O2/c1-11(2)15-7-16-13(10-25-17(16)5-12(15)3)6-18(24)22-19-14(8-20)9-21-23(19)4/h5,7,9-11H,6H2,1-4H3,(H,22,24). The zero-order chi connectivity index (χ0) is 18.1. The maximum absolute atomic E-state index is 12.4. The Morgan fingerprint density at radius 2 is 2.20 bits per heavy atom. The average Bonchev–Trinajstić information content (AvgIpc) is 3.10. The van der Waals surface area contributed by atoms with Gasteiger partial charge in [0.2, 0.25) is 5.91 Å². The van der Waals surface area contributed by atoms with Crippen molar-refractivity contribution in [3.05, 3.63) is 46.8 Å². The minimum absolute atomic E-state index is 0.170. The van der Waals surface area contributed by atoms with Crippen molar-refractivity contribution in [1.82, 2.24) is 9.78 Å². The Labute approximate surface area is 146 Å². The van der Waals surface area contributed by atoms with Crippen LogP contribution in [0.25, 0.3) is 11.0 Å². The van der Waals surface area contributed by atoms with Crippen LogP contribution in [0.5, 0.6) is 0 Å². The van der Waals surface area contributed by atoms with Gasteiger partial charge in [0, 0.05) is 18.0 Å². The number of aryl methyl sites for hydroxylation is 2. The highest BCUT2D eigenvalue weighted by atomic mass is 16.3. The van der Waals surface area contributed by atoms with Crippen LogP contribution in [-0.2, 0) is 18.3 Å². The number of amides is 1. The normalized spacial score (nSPS) is 11.0. The molecule has 0 spiro atoms. The first-order valence-electron chi connectivity index (χ1n) is 8.13. The molecule has 3 aromatic rings. The molecule has 0 bridgehead atoms. The molecule has 0 fully saturated rings. The lowest BCUT2D eigenvalue weighted by atomic mass is 9.95. The summed E-state index contributed by atoms with van der Waals surface area (Å²) < 4.78 is 7.10. The van der Waals surface area contributed by atoms with Gasteiger partial charge in [0.1, 0.15) is 23.0 Å². The Balaban J connectivity index is 1.88. The monoisotopic (exact) mass is 336 g/mol. The van der Waals surface area contributed by atoms with Crippen molar-refractivity contribution in [1.29, 1.82) is 5.26 Å². The number of carbonyl (C=O) groups excluding carboxylic acids is 1. The summed E-state index contributed by atoms with van der Waals surface area (Å²) in [5, 5.41) is 16.8. The molecule has 0 atom stereocenters. The van der Waals surface area contributed by atoms with Crippen molar-refractivity contribution in [3.63, 3.8) is 0 Å². The van der Waals surface area contributed by atoms with Gasteiger partial charge >= 0.3 is 0 Å². The van der Waals surface area contributed by atoms with Crippen LogP contribution in [0, 0.1) is 18.3 Å². The molecule has 0 saturated heterocycles. The van der Waals surface area contributed by atoms with Crippen LogP contribution in [0.2, 0.25) is 0 Å². The van der Waals surface area contributed by atoms with E-state index in [1.807, 2.05) is 12.1 Å². The van der Waals surface area contributed by atoms with E-state index in [0.29, 0.717) is 17.3 Å². The molecule has 2 aromatic heterocycles. The summed E-state index contributed by atoms with van der Waals surface area (Å²) in [6.45, 7) is 6.36. The Morgan fingerprint density at radius 1 is 1.44 bits per heavy atom. The van der Waals surface area contributed by atoms with Crippen LogP contribution in [0.4, 0.5) is 5.82 Å². The van der Waals surface area contributed by atoms with Crippen molar-refractivity contribution in [2.75, 3.05) is 5.32 Å². The fraction of sp³-hybridized carbons (Fsp3) is 0.316. The molecule has 0 aliphatic rings. The first-order chi connectivity index (χ1) is 11.9. The molecular weight excluding hydrogens is 316 g/mol. The second-order valence-corrected chi connectivity index (χ2v) is 6.49. The van der Waals surface area contributed by atoms with E-state index in [-0.39, 0.29) is 12.3 Å². The SMILES string of the molecule is Cc1cc2occ(CC(=O)Nc3c(C#N)cnn3C)c2cc1C(C)C. The van der Waals surface area contributed by atoms with Gasteiger partial charge in [-0.25, -0.2) is 0 Å². The summed E-state index contributed by atoms with van der Waals surface area (Å²) in [7, 11) is 1.68. The van der Waals surface area contributed by atoms with Gasteiger partial charge in [-0.3, -0.25) is 9.48 Å². The maximum atomic E-state index is 12.4. The highest BCUT2D eigenvalue weighted by Crippen LogP contribution is 2.29. The van der Waals surface area contributed by atoms with Crippen molar-refractivity contribution in [2.45, 2.75) is 33.1 Å². The number of nitrogens with one attached hydrogen (secondary N) is 1. The molecule has 1 amide bonds. The van der Waals surface area contributed by atoms with E-state index >= 15 is 0 Å². The summed E-state index contributed by atoms with van der Waals surface area (Å²) in [6.07, 6.45) is 3.23. The fourth-order valence-electron chi connectivity index (χ4n) is 3.02. The zero-order valence-electron chi connectivity index (χ0n) is 14.8. The smallest absolute Gasteiger partial charge is 0.230 e. The predicted molar refractivity (Wildman–Crippen MR) is 95.3 cm³/mol. The third-order valence-corrected chi connectivity index (χ3v) is 4.33. The van der Waals surface area contributed by atoms with Gasteiger partial charge in [-0.05, 0) is 36.1 Å². The van der Waals surface area contributed by atoms with Crippen LogP contribution >= 0.6 is 0 Å². The van der Waals surface area contributed by atoms with Gasteiger partial charge in [0.15, 0.2) is 0 Å². The van der Waals surface area contributed by atoms with Crippen molar-refractivity contribution < 1.29 is 9.21 Å². The Kier molecular flexibility index (Phi) is 4.32. The largest absolute Gasteiger partial charge is 0.464 e. The molecule has 25 heavy (non-hydrogen) atoms.